The highest BCUT2D eigenvalue weighted by molar-refractivity contribution is 7.98. The first kappa shape index (κ1) is 18.5. The van der Waals surface area contributed by atoms with E-state index in [4.69, 9.17) is 4.74 Å². The molecule has 0 bridgehead atoms. The molecule has 0 saturated carbocycles. The molecule has 0 spiro atoms. The first-order valence-corrected chi connectivity index (χ1v) is 9.43. The van der Waals surface area contributed by atoms with Crippen molar-refractivity contribution in [2.24, 2.45) is 0 Å². The van der Waals surface area contributed by atoms with Gasteiger partial charge >= 0.3 is 5.97 Å². The molecule has 1 fully saturated rings. The fraction of sp³-hybridized carbons (Fsp3) is 0.625. The van der Waals surface area contributed by atoms with Crippen molar-refractivity contribution < 1.29 is 14.3 Å². The SMILES string of the molecule is CCOC(=O)c1cnc(SC)nc1N[C@@H]1CCCN(C(=O)CC)C1. The molecule has 0 aromatic carbocycles. The molecule has 0 unspecified atom stereocenters. The van der Waals surface area contributed by atoms with E-state index in [1.807, 2.05) is 18.1 Å². The molecule has 7 nitrogen and oxygen atoms in total. The lowest BCUT2D eigenvalue weighted by Crippen LogP contribution is -2.45. The lowest BCUT2D eigenvalue weighted by atomic mass is 10.1. The average Bonchev–Trinajstić information content (AvgIpc) is 2.61. The summed E-state index contributed by atoms with van der Waals surface area (Å²) in [6.07, 6.45) is 5.74. The lowest BCUT2D eigenvalue weighted by molar-refractivity contribution is -0.131. The van der Waals surface area contributed by atoms with E-state index in [-0.39, 0.29) is 11.9 Å². The number of thioether (sulfide) groups is 1. The summed E-state index contributed by atoms with van der Waals surface area (Å²) in [6.45, 7) is 5.33. The topological polar surface area (TPSA) is 84.4 Å². The van der Waals surface area contributed by atoms with Gasteiger partial charge in [0.25, 0.3) is 0 Å². The minimum absolute atomic E-state index is 0.0621. The molecule has 1 aliphatic heterocycles. The van der Waals surface area contributed by atoms with Gasteiger partial charge in [-0.15, -0.1) is 0 Å². The van der Waals surface area contributed by atoms with Crippen molar-refractivity contribution in [1.29, 1.82) is 0 Å². The number of aromatic nitrogens is 2. The molecule has 8 heteroatoms. The van der Waals surface area contributed by atoms with Crippen LogP contribution < -0.4 is 5.32 Å². The van der Waals surface area contributed by atoms with E-state index in [9.17, 15) is 9.59 Å². The van der Waals surface area contributed by atoms with Gasteiger partial charge in [0.05, 0.1) is 6.61 Å². The second-order valence-electron chi connectivity index (χ2n) is 5.52. The highest BCUT2D eigenvalue weighted by atomic mass is 32.2. The van der Waals surface area contributed by atoms with Crippen molar-refractivity contribution in [3.05, 3.63) is 11.8 Å². The van der Waals surface area contributed by atoms with Gasteiger partial charge in [0.15, 0.2) is 5.16 Å². The monoisotopic (exact) mass is 352 g/mol. The first-order chi connectivity index (χ1) is 11.6. The Morgan fingerprint density at radius 2 is 2.25 bits per heavy atom. The van der Waals surface area contributed by atoms with Crippen molar-refractivity contribution in [2.75, 3.05) is 31.3 Å². The minimum Gasteiger partial charge on any atom is -0.462 e. The molecule has 2 rings (SSSR count). The molecule has 1 aromatic rings. The summed E-state index contributed by atoms with van der Waals surface area (Å²) < 4.78 is 5.08. The molecule has 24 heavy (non-hydrogen) atoms. The number of ether oxygens (including phenoxy) is 1. The van der Waals surface area contributed by atoms with Gasteiger partial charge < -0.3 is 15.0 Å². The van der Waals surface area contributed by atoms with Crippen molar-refractivity contribution in [1.82, 2.24) is 14.9 Å². The van der Waals surface area contributed by atoms with Gasteiger partial charge in [-0.3, -0.25) is 4.79 Å². The third-order valence-corrected chi connectivity index (χ3v) is 4.42. The van der Waals surface area contributed by atoms with Gasteiger partial charge in [-0.05, 0) is 26.0 Å². The summed E-state index contributed by atoms with van der Waals surface area (Å²) in [5.74, 6) is 0.188. The van der Waals surface area contributed by atoms with E-state index in [0.29, 0.717) is 36.1 Å². The zero-order valence-corrected chi connectivity index (χ0v) is 15.2. The van der Waals surface area contributed by atoms with Crippen LogP contribution in [0.2, 0.25) is 0 Å². The smallest absolute Gasteiger partial charge is 0.343 e. The Morgan fingerprint density at radius 3 is 2.92 bits per heavy atom. The van der Waals surface area contributed by atoms with Crippen LogP contribution in [0.4, 0.5) is 5.82 Å². The van der Waals surface area contributed by atoms with Crippen LogP contribution in [-0.4, -0.2) is 58.7 Å². The molecule has 2 heterocycles. The summed E-state index contributed by atoms with van der Waals surface area (Å²) in [4.78, 5) is 34.5. The minimum atomic E-state index is -0.440. The molecular formula is C16H24N4O3S. The van der Waals surface area contributed by atoms with Crippen LogP contribution in [0.1, 0.15) is 43.5 Å². The largest absolute Gasteiger partial charge is 0.462 e. The molecule has 1 atom stereocenters. The number of carbonyl (C=O) groups excluding carboxylic acids is 2. The molecule has 1 saturated heterocycles. The van der Waals surface area contributed by atoms with E-state index < -0.39 is 5.97 Å². The standard InChI is InChI=1S/C16H24N4O3S/c1-4-13(21)20-8-6-7-11(10-20)18-14-12(15(22)23-5-2)9-17-16(19-14)24-3/h9,11H,4-8,10H2,1-3H3,(H,17,18,19)/t11-/m1/s1. The van der Waals surface area contributed by atoms with Crippen LogP contribution in [-0.2, 0) is 9.53 Å². The second-order valence-corrected chi connectivity index (χ2v) is 6.29. The summed E-state index contributed by atoms with van der Waals surface area (Å²) >= 11 is 1.41. The maximum Gasteiger partial charge on any atom is 0.343 e. The van der Waals surface area contributed by atoms with Gasteiger partial charge in [0.1, 0.15) is 11.4 Å². The number of nitrogens with zero attached hydrogens (tertiary/aromatic N) is 3. The Kier molecular flexibility index (Phi) is 6.84. The fourth-order valence-corrected chi connectivity index (χ4v) is 3.01. The molecule has 1 amide bonds. The zero-order valence-electron chi connectivity index (χ0n) is 14.4. The molecule has 1 aliphatic rings. The zero-order chi connectivity index (χ0) is 17.5. The van der Waals surface area contributed by atoms with E-state index >= 15 is 0 Å². The van der Waals surface area contributed by atoms with Crippen molar-refractivity contribution in [2.45, 2.75) is 44.3 Å². The number of carbonyl (C=O) groups is 2. The number of piperidine rings is 1. The number of anilines is 1. The van der Waals surface area contributed by atoms with Gasteiger partial charge in [-0.2, -0.15) is 0 Å². The normalized spacial score (nSPS) is 17.5. The highest BCUT2D eigenvalue weighted by Gasteiger charge is 2.25. The molecule has 1 aromatic heterocycles. The quantitative estimate of drug-likeness (QED) is 0.477. The predicted molar refractivity (Wildman–Crippen MR) is 93.3 cm³/mol. The van der Waals surface area contributed by atoms with Crippen LogP contribution in [0.15, 0.2) is 11.4 Å². The average molecular weight is 352 g/mol. The Bertz CT molecular complexity index is 597. The molecule has 132 valence electrons. The summed E-state index contributed by atoms with van der Waals surface area (Å²) in [7, 11) is 0. The summed E-state index contributed by atoms with van der Waals surface area (Å²) in [5, 5.41) is 3.90. The van der Waals surface area contributed by atoms with E-state index in [2.05, 4.69) is 15.3 Å². The first-order valence-electron chi connectivity index (χ1n) is 8.21. The van der Waals surface area contributed by atoms with E-state index in [1.165, 1.54) is 18.0 Å². The van der Waals surface area contributed by atoms with Crippen molar-refractivity contribution >= 4 is 29.5 Å². The number of amides is 1. The van der Waals surface area contributed by atoms with Crippen LogP contribution in [0.25, 0.3) is 0 Å². The van der Waals surface area contributed by atoms with Crippen molar-refractivity contribution in [3.8, 4) is 0 Å². The number of rotatable bonds is 6. The molecular weight excluding hydrogens is 328 g/mol. The van der Waals surface area contributed by atoms with E-state index in [0.717, 1.165) is 19.4 Å². The number of nitrogens with one attached hydrogen (secondary N) is 1. The highest BCUT2D eigenvalue weighted by Crippen LogP contribution is 2.21. The number of likely N-dealkylation sites (tertiary alicyclic amines) is 1. The van der Waals surface area contributed by atoms with Gasteiger partial charge in [0.2, 0.25) is 5.91 Å². The van der Waals surface area contributed by atoms with Crippen molar-refractivity contribution in [3.63, 3.8) is 0 Å². The molecule has 0 radical (unpaired) electrons. The number of hydrogen-bond donors (Lipinski definition) is 1. The third-order valence-electron chi connectivity index (χ3n) is 3.86. The third kappa shape index (κ3) is 4.59. The van der Waals surface area contributed by atoms with Gasteiger partial charge in [-0.1, -0.05) is 18.7 Å². The Balaban J connectivity index is 2.17. The van der Waals surface area contributed by atoms with Gasteiger partial charge in [-0.25, -0.2) is 14.8 Å². The van der Waals surface area contributed by atoms with Crippen LogP contribution in [0.3, 0.4) is 0 Å². The van der Waals surface area contributed by atoms with E-state index in [1.54, 1.807) is 6.92 Å². The Morgan fingerprint density at radius 1 is 1.46 bits per heavy atom. The maximum absolute atomic E-state index is 12.1. The predicted octanol–water partition coefficient (Wildman–Crippen LogP) is 2.19. The fourth-order valence-electron chi connectivity index (χ4n) is 2.67. The Hall–Kier alpha value is -1.83. The summed E-state index contributed by atoms with van der Waals surface area (Å²) in [6, 6.07) is 0.0621. The molecule has 1 N–H and O–H groups in total. The number of esters is 1. The van der Waals surface area contributed by atoms with Crippen LogP contribution >= 0.6 is 11.8 Å². The summed E-state index contributed by atoms with van der Waals surface area (Å²) in [5.41, 5.74) is 0.327. The number of hydrogen-bond acceptors (Lipinski definition) is 7. The van der Waals surface area contributed by atoms with Crippen LogP contribution in [0, 0.1) is 0 Å². The van der Waals surface area contributed by atoms with Gasteiger partial charge in [0, 0.05) is 31.7 Å². The second kappa shape index (κ2) is 8.86. The molecule has 0 aliphatic carbocycles. The lowest BCUT2D eigenvalue weighted by Gasteiger charge is -2.33. The van der Waals surface area contributed by atoms with Crippen LogP contribution in [0.5, 0.6) is 0 Å². The Labute approximate surface area is 146 Å². The maximum atomic E-state index is 12.1.